The predicted molar refractivity (Wildman–Crippen MR) is 77.3 cm³/mol. The Labute approximate surface area is 120 Å². The van der Waals surface area contributed by atoms with Crippen molar-refractivity contribution in [3.8, 4) is 0 Å². The molecule has 112 valence electrons. The molecule has 0 spiro atoms. The molecule has 5 heteroatoms. The van der Waals surface area contributed by atoms with E-state index in [1.807, 2.05) is 11.6 Å². The van der Waals surface area contributed by atoms with E-state index >= 15 is 0 Å². The molecule has 1 unspecified atom stereocenters. The summed E-state index contributed by atoms with van der Waals surface area (Å²) in [5.74, 6) is -0.0803. The van der Waals surface area contributed by atoms with Gasteiger partial charge in [0, 0.05) is 13.1 Å². The second-order valence-corrected chi connectivity index (χ2v) is 5.18. The molecule has 0 bridgehead atoms. The molecule has 1 aliphatic rings. The Morgan fingerprint density at radius 1 is 1.45 bits per heavy atom. The predicted octanol–water partition coefficient (Wildman–Crippen LogP) is 1.99. The highest BCUT2D eigenvalue weighted by Gasteiger charge is 2.32. The minimum Gasteiger partial charge on any atom is -0.465 e. The Bertz CT molecular complexity index is 456. The van der Waals surface area contributed by atoms with Crippen molar-refractivity contribution in [2.75, 3.05) is 13.2 Å². The Hall–Kier alpha value is -1.36. The lowest BCUT2D eigenvalue weighted by Crippen LogP contribution is -2.37. The first-order valence-electron chi connectivity index (χ1n) is 7.65. The van der Waals surface area contributed by atoms with Gasteiger partial charge in [0.15, 0.2) is 0 Å². The number of aryl methyl sites for hydroxylation is 2. The van der Waals surface area contributed by atoms with E-state index in [1.54, 1.807) is 0 Å². The van der Waals surface area contributed by atoms with Crippen LogP contribution in [0.1, 0.15) is 45.0 Å². The molecule has 2 rings (SSSR count). The minimum atomic E-state index is -0.0831. The lowest BCUT2D eigenvalue weighted by Gasteiger charge is -2.22. The summed E-state index contributed by atoms with van der Waals surface area (Å²) in [7, 11) is 0. The fourth-order valence-corrected chi connectivity index (χ4v) is 2.82. The summed E-state index contributed by atoms with van der Waals surface area (Å²) in [4.78, 5) is 14.2. The summed E-state index contributed by atoms with van der Waals surface area (Å²) < 4.78 is 7.21. The van der Waals surface area contributed by atoms with E-state index in [1.165, 1.54) is 5.69 Å². The number of likely N-dealkylation sites (tertiary alicyclic amines) is 1. The second-order valence-electron chi connectivity index (χ2n) is 5.18. The Morgan fingerprint density at radius 3 is 2.90 bits per heavy atom. The topological polar surface area (TPSA) is 47.4 Å². The van der Waals surface area contributed by atoms with Crippen molar-refractivity contribution in [3.05, 3.63) is 17.5 Å². The highest BCUT2D eigenvalue weighted by atomic mass is 16.5. The largest absolute Gasteiger partial charge is 0.465 e. The van der Waals surface area contributed by atoms with Crippen molar-refractivity contribution in [3.63, 3.8) is 0 Å². The molecule has 0 N–H and O–H groups in total. The lowest BCUT2D eigenvalue weighted by molar-refractivity contribution is -0.148. The van der Waals surface area contributed by atoms with Gasteiger partial charge in [-0.25, -0.2) is 0 Å². The van der Waals surface area contributed by atoms with Crippen LogP contribution in [0.5, 0.6) is 0 Å². The first-order chi connectivity index (χ1) is 9.69. The molecule has 0 aromatic carbocycles. The van der Waals surface area contributed by atoms with Crippen LogP contribution in [0.4, 0.5) is 0 Å². The first kappa shape index (κ1) is 15.0. The fraction of sp³-hybridized carbons (Fsp3) is 0.733. The monoisotopic (exact) mass is 279 g/mol. The summed E-state index contributed by atoms with van der Waals surface area (Å²) in [6.07, 6.45) is 2.91. The van der Waals surface area contributed by atoms with Gasteiger partial charge in [0.1, 0.15) is 6.04 Å². The maximum absolute atomic E-state index is 12.0. The summed E-state index contributed by atoms with van der Waals surface area (Å²) in [5, 5.41) is 4.57. The Balaban J connectivity index is 2.08. The molecule has 0 radical (unpaired) electrons. The number of aromatic nitrogens is 2. The van der Waals surface area contributed by atoms with Gasteiger partial charge in [-0.05, 0) is 45.7 Å². The van der Waals surface area contributed by atoms with E-state index < -0.39 is 0 Å². The number of carbonyl (C=O) groups is 1. The van der Waals surface area contributed by atoms with Crippen LogP contribution in [-0.4, -0.2) is 39.8 Å². The zero-order valence-electron chi connectivity index (χ0n) is 12.8. The van der Waals surface area contributed by atoms with Gasteiger partial charge in [0.25, 0.3) is 0 Å². The van der Waals surface area contributed by atoms with Crippen LogP contribution in [0.25, 0.3) is 0 Å². The van der Waals surface area contributed by atoms with Crippen LogP contribution in [0.3, 0.4) is 0 Å². The summed E-state index contributed by atoms with van der Waals surface area (Å²) >= 11 is 0. The third-order valence-electron chi connectivity index (χ3n) is 3.86. The number of nitrogens with zero attached hydrogens (tertiary/aromatic N) is 3. The van der Waals surface area contributed by atoms with E-state index in [-0.39, 0.29) is 12.0 Å². The average molecular weight is 279 g/mol. The van der Waals surface area contributed by atoms with Gasteiger partial charge in [-0.1, -0.05) is 6.92 Å². The summed E-state index contributed by atoms with van der Waals surface area (Å²) in [6, 6.07) is 2.07. The molecule has 1 fully saturated rings. The van der Waals surface area contributed by atoms with Gasteiger partial charge in [0.05, 0.1) is 18.0 Å². The van der Waals surface area contributed by atoms with Gasteiger partial charge in [0.2, 0.25) is 0 Å². The van der Waals surface area contributed by atoms with Crippen LogP contribution >= 0.6 is 0 Å². The first-order valence-corrected chi connectivity index (χ1v) is 7.65. The molecule has 1 aromatic heterocycles. The third kappa shape index (κ3) is 3.20. The average Bonchev–Trinajstić information content (AvgIpc) is 3.06. The molecule has 1 saturated heterocycles. The number of hydrogen-bond donors (Lipinski definition) is 0. The zero-order valence-corrected chi connectivity index (χ0v) is 12.8. The maximum atomic E-state index is 12.0. The molecular formula is C15H25N3O2. The van der Waals surface area contributed by atoms with E-state index in [9.17, 15) is 4.79 Å². The Morgan fingerprint density at radius 2 is 2.25 bits per heavy atom. The molecular weight excluding hydrogens is 254 g/mol. The minimum absolute atomic E-state index is 0.0803. The number of rotatable bonds is 6. The molecule has 1 aromatic rings. The van der Waals surface area contributed by atoms with Gasteiger partial charge >= 0.3 is 5.97 Å². The van der Waals surface area contributed by atoms with Gasteiger partial charge in [-0.15, -0.1) is 0 Å². The molecule has 2 heterocycles. The number of ether oxygens (including phenoxy) is 1. The quantitative estimate of drug-likeness (QED) is 0.747. The normalized spacial score (nSPS) is 19.4. The molecule has 0 amide bonds. The van der Waals surface area contributed by atoms with Crippen molar-refractivity contribution in [1.82, 2.24) is 14.7 Å². The van der Waals surface area contributed by atoms with Crippen LogP contribution in [0, 0.1) is 0 Å². The molecule has 0 saturated carbocycles. The molecule has 5 nitrogen and oxygen atoms in total. The van der Waals surface area contributed by atoms with Crippen LogP contribution in [-0.2, 0) is 29.0 Å². The molecule has 1 atom stereocenters. The van der Waals surface area contributed by atoms with E-state index in [0.717, 1.165) is 44.6 Å². The fourth-order valence-electron chi connectivity index (χ4n) is 2.82. The number of carbonyl (C=O) groups excluding carboxylic acids is 1. The van der Waals surface area contributed by atoms with Crippen molar-refractivity contribution < 1.29 is 9.53 Å². The van der Waals surface area contributed by atoms with E-state index in [2.05, 4.69) is 29.9 Å². The standard InChI is InChI=1S/C15H25N3O2/c1-4-12-10-13(18(5-2)16-12)11-17-9-7-8-14(17)15(19)20-6-3/h10,14H,4-9,11H2,1-3H3. The van der Waals surface area contributed by atoms with Crippen molar-refractivity contribution in [1.29, 1.82) is 0 Å². The van der Waals surface area contributed by atoms with Crippen molar-refractivity contribution >= 4 is 5.97 Å². The SMILES string of the molecule is CCOC(=O)C1CCCN1Cc1cc(CC)nn1CC. The van der Waals surface area contributed by atoms with Crippen LogP contribution in [0.2, 0.25) is 0 Å². The van der Waals surface area contributed by atoms with E-state index in [4.69, 9.17) is 4.74 Å². The smallest absolute Gasteiger partial charge is 0.323 e. The van der Waals surface area contributed by atoms with Crippen LogP contribution < -0.4 is 0 Å². The summed E-state index contributed by atoms with van der Waals surface area (Å²) in [6.45, 7) is 9.14. The molecule has 20 heavy (non-hydrogen) atoms. The summed E-state index contributed by atoms with van der Waals surface area (Å²) in [5.41, 5.74) is 2.31. The van der Waals surface area contributed by atoms with Crippen molar-refractivity contribution in [2.45, 2.75) is 59.2 Å². The van der Waals surface area contributed by atoms with Crippen molar-refractivity contribution in [2.24, 2.45) is 0 Å². The maximum Gasteiger partial charge on any atom is 0.323 e. The zero-order chi connectivity index (χ0) is 14.5. The van der Waals surface area contributed by atoms with Gasteiger partial charge in [-0.3, -0.25) is 14.4 Å². The van der Waals surface area contributed by atoms with Gasteiger partial charge in [-0.2, -0.15) is 5.10 Å². The van der Waals surface area contributed by atoms with Gasteiger partial charge < -0.3 is 4.74 Å². The Kier molecular flexibility index (Phi) is 5.17. The number of esters is 1. The molecule has 0 aliphatic carbocycles. The lowest BCUT2D eigenvalue weighted by atomic mass is 10.2. The second kappa shape index (κ2) is 6.88. The van der Waals surface area contributed by atoms with Crippen LogP contribution in [0.15, 0.2) is 6.07 Å². The highest BCUT2D eigenvalue weighted by Crippen LogP contribution is 2.21. The molecule has 1 aliphatic heterocycles. The number of hydrogen-bond acceptors (Lipinski definition) is 4. The highest BCUT2D eigenvalue weighted by molar-refractivity contribution is 5.76. The third-order valence-corrected chi connectivity index (χ3v) is 3.86. The van der Waals surface area contributed by atoms with E-state index in [0.29, 0.717) is 6.61 Å².